The molecule has 0 bridgehead atoms. The second-order valence-corrected chi connectivity index (χ2v) is 4.40. The zero-order chi connectivity index (χ0) is 13.1. The standard InChI is InChI=1S/C13H17NO4/c1-17-11-7-8(12(14)13(15)16)5-6-10(11)18-9-3-2-4-9/h5-7,9,12H,2-4,14H2,1H3,(H,15,16). The molecule has 1 aliphatic carbocycles. The van der Waals surface area contributed by atoms with Crippen LogP contribution in [0.4, 0.5) is 0 Å². The van der Waals surface area contributed by atoms with E-state index in [1.807, 2.05) is 0 Å². The third kappa shape index (κ3) is 2.56. The van der Waals surface area contributed by atoms with Gasteiger partial charge in [0.1, 0.15) is 6.04 Å². The Bertz CT molecular complexity index is 443. The van der Waals surface area contributed by atoms with Crippen LogP contribution in [0.15, 0.2) is 18.2 Å². The summed E-state index contributed by atoms with van der Waals surface area (Å²) in [6.07, 6.45) is 3.55. The number of hydrogen-bond donors (Lipinski definition) is 2. The van der Waals surface area contributed by atoms with Crippen molar-refractivity contribution in [1.82, 2.24) is 0 Å². The number of carboxylic acid groups (broad SMARTS) is 1. The first-order chi connectivity index (χ1) is 8.61. The largest absolute Gasteiger partial charge is 0.493 e. The molecule has 1 saturated carbocycles. The van der Waals surface area contributed by atoms with Crippen LogP contribution in [-0.2, 0) is 4.79 Å². The third-order valence-corrected chi connectivity index (χ3v) is 3.16. The monoisotopic (exact) mass is 251 g/mol. The Kier molecular flexibility index (Phi) is 3.72. The minimum Gasteiger partial charge on any atom is -0.493 e. The summed E-state index contributed by atoms with van der Waals surface area (Å²) < 4.78 is 11.0. The van der Waals surface area contributed by atoms with Crippen LogP contribution in [0.2, 0.25) is 0 Å². The Balaban J connectivity index is 2.19. The molecule has 1 fully saturated rings. The summed E-state index contributed by atoms with van der Waals surface area (Å²) in [4.78, 5) is 10.8. The van der Waals surface area contributed by atoms with E-state index in [0.717, 1.165) is 12.8 Å². The highest BCUT2D eigenvalue weighted by Gasteiger charge is 2.22. The van der Waals surface area contributed by atoms with E-state index < -0.39 is 12.0 Å². The van der Waals surface area contributed by atoms with Crippen molar-refractivity contribution in [2.24, 2.45) is 5.73 Å². The van der Waals surface area contributed by atoms with Gasteiger partial charge in [0.15, 0.2) is 11.5 Å². The van der Waals surface area contributed by atoms with Gasteiger partial charge in [0.05, 0.1) is 13.2 Å². The highest BCUT2D eigenvalue weighted by Crippen LogP contribution is 2.34. The van der Waals surface area contributed by atoms with Gasteiger partial charge in [0, 0.05) is 0 Å². The highest BCUT2D eigenvalue weighted by atomic mass is 16.5. The fraction of sp³-hybridized carbons (Fsp3) is 0.462. The van der Waals surface area contributed by atoms with Crippen molar-refractivity contribution < 1.29 is 19.4 Å². The van der Waals surface area contributed by atoms with Crippen molar-refractivity contribution in [2.45, 2.75) is 31.4 Å². The van der Waals surface area contributed by atoms with E-state index in [4.69, 9.17) is 20.3 Å². The van der Waals surface area contributed by atoms with Gasteiger partial charge in [-0.1, -0.05) is 6.07 Å². The molecule has 5 heteroatoms. The van der Waals surface area contributed by atoms with Gasteiger partial charge in [-0.3, -0.25) is 4.79 Å². The van der Waals surface area contributed by atoms with Crippen LogP contribution >= 0.6 is 0 Å². The lowest BCUT2D eigenvalue weighted by Crippen LogP contribution is -2.25. The SMILES string of the molecule is COc1cc(C(N)C(=O)O)ccc1OC1CCC1. The van der Waals surface area contributed by atoms with Crippen LogP contribution in [0, 0.1) is 0 Å². The van der Waals surface area contributed by atoms with Gasteiger partial charge in [-0.15, -0.1) is 0 Å². The van der Waals surface area contributed by atoms with E-state index in [1.165, 1.54) is 13.5 Å². The minimum atomic E-state index is -1.07. The molecule has 1 aromatic carbocycles. The normalized spacial score (nSPS) is 16.8. The van der Waals surface area contributed by atoms with Gasteiger partial charge in [0.2, 0.25) is 0 Å². The highest BCUT2D eigenvalue weighted by molar-refractivity contribution is 5.75. The van der Waals surface area contributed by atoms with Crippen LogP contribution in [0.3, 0.4) is 0 Å². The molecule has 18 heavy (non-hydrogen) atoms. The lowest BCUT2D eigenvalue weighted by Gasteiger charge is -2.27. The number of aliphatic carboxylic acids is 1. The molecule has 1 aliphatic rings. The predicted molar refractivity (Wildman–Crippen MR) is 65.8 cm³/mol. The van der Waals surface area contributed by atoms with Gasteiger partial charge < -0.3 is 20.3 Å². The molecule has 1 atom stereocenters. The van der Waals surface area contributed by atoms with E-state index in [-0.39, 0.29) is 6.10 Å². The van der Waals surface area contributed by atoms with E-state index in [0.29, 0.717) is 17.1 Å². The fourth-order valence-corrected chi connectivity index (χ4v) is 1.79. The minimum absolute atomic E-state index is 0.248. The van der Waals surface area contributed by atoms with Gasteiger partial charge >= 0.3 is 5.97 Å². The molecular weight excluding hydrogens is 234 g/mol. The predicted octanol–water partition coefficient (Wildman–Crippen LogP) is 1.71. The van der Waals surface area contributed by atoms with Crippen molar-refractivity contribution >= 4 is 5.97 Å². The van der Waals surface area contributed by atoms with Crippen LogP contribution in [0.25, 0.3) is 0 Å². The Labute approximate surface area is 106 Å². The molecule has 0 spiro atoms. The Morgan fingerprint density at radius 3 is 2.67 bits per heavy atom. The molecule has 0 heterocycles. The summed E-state index contributed by atoms with van der Waals surface area (Å²) in [6.45, 7) is 0. The summed E-state index contributed by atoms with van der Waals surface area (Å²) in [5.74, 6) is 0.101. The van der Waals surface area contributed by atoms with Crippen LogP contribution < -0.4 is 15.2 Å². The first kappa shape index (κ1) is 12.7. The zero-order valence-corrected chi connectivity index (χ0v) is 10.3. The van der Waals surface area contributed by atoms with Crippen molar-refractivity contribution in [3.63, 3.8) is 0 Å². The van der Waals surface area contributed by atoms with Gasteiger partial charge in [-0.25, -0.2) is 0 Å². The second kappa shape index (κ2) is 5.27. The van der Waals surface area contributed by atoms with Gasteiger partial charge in [-0.05, 0) is 37.0 Å². The maximum absolute atomic E-state index is 10.8. The number of benzene rings is 1. The maximum Gasteiger partial charge on any atom is 0.325 e. The van der Waals surface area contributed by atoms with E-state index in [9.17, 15) is 4.79 Å². The molecule has 2 rings (SSSR count). The van der Waals surface area contributed by atoms with E-state index in [1.54, 1.807) is 18.2 Å². The second-order valence-electron chi connectivity index (χ2n) is 4.40. The molecule has 1 unspecified atom stereocenters. The van der Waals surface area contributed by atoms with Crippen molar-refractivity contribution in [3.8, 4) is 11.5 Å². The molecule has 0 aromatic heterocycles. The lowest BCUT2D eigenvalue weighted by atomic mass is 9.96. The average molecular weight is 251 g/mol. The number of methoxy groups -OCH3 is 1. The Morgan fingerprint density at radius 1 is 1.44 bits per heavy atom. The number of ether oxygens (including phenoxy) is 2. The smallest absolute Gasteiger partial charge is 0.325 e. The quantitative estimate of drug-likeness (QED) is 0.832. The molecule has 3 N–H and O–H groups in total. The molecule has 0 amide bonds. The first-order valence-corrected chi connectivity index (χ1v) is 5.95. The van der Waals surface area contributed by atoms with Crippen LogP contribution in [0.1, 0.15) is 30.9 Å². The maximum atomic E-state index is 10.8. The molecular formula is C13H17NO4. The zero-order valence-electron chi connectivity index (χ0n) is 10.3. The summed E-state index contributed by atoms with van der Waals surface area (Å²) in [5, 5.41) is 8.86. The first-order valence-electron chi connectivity index (χ1n) is 5.95. The van der Waals surface area contributed by atoms with Crippen molar-refractivity contribution in [2.75, 3.05) is 7.11 Å². The van der Waals surface area contributed by atoms with Gasteiger partial charge in [-0.2, -0.15) is 0 Å². The molecule has 0 radical (unpaired) electrons. The molecule has 5 nitrogen and oxygen atoms in total. The Hall–Kier alpha value is -1.75. The third-order valence-electron chi connectivity index (χ3n) is 3.16. The lowest BCUT2D eigenvalue weighted by molar-refractivity contribution is -0.138. The number of hydrogen-bond acceptors (Lipinski definition) is 4. The number of carboxylic acids is 1. The van der Waals surface area contributed by atoms with Gasteiger partial charge in [0.25, 0.3) is 0 Å². The fourth-order valence-electron chi connectivity index (χ4n) is 1.79. The van der Waals surface area contributed by atoms with Crippen LogP contribution in [-0.4, -0.2) is 24.3 Å². The topological polar surface area (TPSA) is 81.8 Å². The summed E-state index contributed by atoms with van der Waals surface area (Å²) in [5.41, 5.74) is 6.05. The van der Waals surface area contributed by atoms with E-state index in [2.05, 4.69) is 0 Å². The summed E-state index contributed by atoms with van der Waals surface area (Å²) >= 11 is 0. The molecule has 1 aromatic rings. The van der Waals surface area contributed by atoms with Crippen molar-refractivity contribution in [1.29, 1.82) is 0 Å². The molecule has 98 valence electrons. The number of rotatable bonds is 5. The Morgan fingerprint density at radius 2 is 2.17 bits per heavy atom. The summed E-state index contributed by atoms with van der Waals surface area (Å²) in [6, 6.07) is 3.95. The van der Waals surface area contributed by atoms with Crippen molar-refractivity contribution in [3.05, 3.63) is 23.8 Å². The number of nitrogens with two attached hydrogens (primary N) is 1. The van der Waals surface area contributed by atoms with E-state index >= 15 is 0 Å². The average Bonchev–Trinajstić information content (AvgIpc) is 2.32. The number of carbonyl (C=O) groups is 1. The molecule has 0 saturated heterocycles. The summed E-state index contributed by atoms with van der Waals surface area (Å²) in [7, 11) is 1.53. The van der Waals surface area contributed by atoms with Crippen LogP contribution in [0.5, 0.6) is 11.5 Å². The molecule has 0 aliphatic heterocycles.